The molecule has 1 aliphatic carbocycles. The predicted molar refractivity (Wildman–Crippen MR) is 132 cm³/mol. The first-order valence-electron chi connectivity index (χ1n) is 12.2. The molecule has 1 aromatic heterocycles. The van der Waals surface area contributed by atoms with Gasteiger partial charge in [-0.05, 0) is 59.6 Å². The van der Waals surface area contributed by atoms with E-state index in [-0.39, 0.29) is 6.04 Å². The van der Waals surface area contributed by atoms with Gasteiger partial charge >= 0.3 is 5.97 Å². The second kappa shape index (κ2) is 7.59. The van der Waals surface area contributed by atoms with E-state index in [9.17, 15) is 9.90 Å². The van der Waals surface area contributed by atoms with Crippen LogP contribution in [0.2, 0.25) is 0 Å². The molecule has 6 nitrogen and oxygen atoms in total. The Bertz CT molecular complexity index is 1260. The number of hydrogen-bond donors (Lipinski definition) is 2. The van der Waals surface area contributed by atoms with Crippen molar-refractivity contribution in [3.63, 3.8) is 0 Å². The molecule has 6 rings (SSSR count). The van der Waals surface area contributed by atoms with E-state index in [1.54, 1.807) is 19.2 Å². The van der Waals surface area contributed by atoms with Crippen LogP contribution in [0, 0.1) is 24.2 Å². The van der Waals surface area contributed by atoms with E-state index in [0.29, 0.717) is 17.0 Å². The van der Waals surface area contributed by atoms with Gasteiger partial charge in [0.25, 0.3) is 0 Å². The maximum absolute atomic E-state index is 11.4. The molecule has 178 valence electrons. The van der Waals surface area contributed by atoms with Crippen molar-refractivity contribution in [3.05, 3.63) is 64.8 Å². The smallest absolute Gasteiger partial charge is 0.335 e. The molecule has 34 heavy (non-hydrogen) atoms. The molecule has 2 aliphatic heterocycles. The van der Waals surface area contributed by atoms with Crippen molar-refractivity contribution in [2.75, 3.05) is 26.7 Å². The van der Waals surface area contributed by atoms with Crippen LogP contribution in [0.25, 0.3) is 10.9 Å². The number of carboxylic acid groups (broad SMARTS) is 1. The predicted octanol–water partition coefficient (Wildman–Crippen LogP) is 4.70. The SMILES string of the molecule is COc1cc(C)c2[nH]ccc2c1CN1C[C@@H]2[C@H]3[C@@H](CN2C[C@H]1c1ccc(C(=O)O)cc1)C3(C)C. The Balaban J connectivity index is 1.38. The maximum Gasteiger partial charge on any atom is 0.335 e. The van der Waals surface area contributed by atoms with Gasteiger partial charge in [-0.2, -0.15) is 0 Å². The van der Waals surface area contributed by atoms with Crippen molar-refractivity contribution in [3.8, 4) is 5.75 Å². The number of aromatic nitrogens is 1. The Morgan fingerprint density at radius 3 is 2.65 bits per heavy atom. The van der Waals surface area contributed by atoms with E-state index in [2.05, 4.69) is 47.7 Å². The number of aromatic carboxylic acids is 1. The van der Waals surface area contributed by atoms with E-state index >= 15 is 0 Å². The molecule has 0 spiro atoms. The fraction of sp³-hybridized carbons (Fsp3) is 0.464. The second-order valence-electron chi connectivity index (χ2n) is 11.0. The van der Waals surface area contributed by atoms with Crippen molar-refractivity contribution < 1.29 is 14.6 Å². The lowest BCUT2D eigenvalue weighted by Crippen LogP contribution is -2.54. The highest BCUT2D eigenvalue weighted by atomic mass is 16.5. The van der Waals surface area contributed by atoms with Gasteiger partial charge in [-0.15, -0.1) is 0 Å². The molecular weight excluding hydrogens is 426 g/mol. The molecule has 3 aliphatic rings. The Morgan fingerprint density at radius 2 is 1.94 bits per heavy atom. The molecule has 3 heterocycles. The third-order valence-electron chi connectivity index (χ3n) is 8.96. The third-order valence-corrected chi connectivity index (χ3v) is 8.96. The number of rotatable bonds is 5. The van der Waals surface area contributed by atoms with Gasteiger partial charge in [0.05, 0.1) is 12.7 Å². The minimum absolute atomic E-state index is 0.208. The number of piperazine rings is 1. The molecule has 0 unspecified atom stereocenters. The van der Waals surface area contributed by atoms with Gasteiger partial charge in [-0.3, -0.25) is 9.80 Å². The summed E-state index contributed by atoms with van der Waals surface area (Å²) in [6, 6.07) is 12.6. The number of fused-ring (bicyclic) bond motifs is 4. The van der Waals surface area contributed by atoms with Crippen molar-refractivity contribution in [1.29, 1.82) is 0 Å². The molecule has 0 bridgehead atoms. The van der Waals surface area contributed by atoms with Crippen LogP contribution in [-0.4, -0.2) is 58.6 Å². The Hall–Kier alpha value is -2.83. The molecule has 2 aromatic carbocycles. The summed E-state index contributed by atoms with van der Waals surface area (Å²) in [6.07, 6.45) is 2.01. The van der Waals surface area contributed by atoms with Gasteiger partial charge < -0.3 is 14.8 Å². The van der Waals surface area contributed by atoms with Crippen LogP contribution in [0.4, 0.5) is 0 Å². The van der Waals surface area contributed by atoms with Crippen molar-refractivity contribution in [1.82, 2.24) is 14.8 Å². The van der Waals surface area contributed by atoms with Gasteiger partial charge in [0.2, 0.25) is 0 Å². The van der Waals surface area contributed by atoms with Crippen LogP contribution in [-0.2, 0) is 6.54 Å². The van der Waals surface area contributed by atoms with Crippen LogP contribution in [0.5, 0.6) is 5.75 Å². The first kappa shape index (κ1) is 21.7. The summed E-state index contributed by atoms with van der Waals surface area (Å²) in [6.45, 7) is 10.9. The first-order valence-corrected chi connectivity index (χ1v) is 12.2. The largest absolute Gasteiger partial charge is 0.496 e. The number of ether oxygens (including phenoxy) is 1. The topological polar surface area (TPSA) is 68.8 Å². The number of carbonyl (C=O) groups is 1. The highest BCUT2D eigenvalue weighted by Crippen LogP contribution is 2.65. The lowest BCUT2D eigenvalue weighted by atomic mass is 9.93. The van der Waals surface area contributed by atoms with Gasteiger partial charge in [0, 0.05) is 60.9 Å². The third kappa shape index (κ3) is 3.19. The average Bonchev–Trinajstić information content (AvgIpc) is 3.22. The van der Waals surface area contributed by atoms with E-state index in [1.807, 2.05) is 18.3 Å². The summed E-state index contributed by atoms with van der Waals surface area (Å²) in [7, 11) is 1.76. The summed E-state index contributed by atoms with van der Waals surface area (Å²) in [5, 5.41) is 10.6. The average molecular weight is 460 g/mol. The van der Waals surface area contributed by atoms with E-state index in [4.69, 9.17) is 4.74 Å². The number of aryl methyl sites for hydroxylation is 1. The molecule has 6 heteroatoms. The first-order chi connectivity index (χ1) is 16.3. The van der Waals surface area contributed by atoms with Crippen LogP contribution in [0.1, 0.15) is 46.9 Å². The van der Waals surface area contributed by atoms with Gasteiger partial charge in [-0.1, -0.05) is 26.0 Å². The molecule has 0 radical (unpaired) electrons. The minimum atomic E-state index is -0.881. The fourth-order valence-electron chi connectivity index (χ4n) is 6.98. The minimum Gasteiger partial charge on any atom is -0.496 e. The van der Waals surface area contributed by atoms with Crippen molar-refractivity contribution >= 4 is 16.9 Å². The number of carboxylic acids is 1. The van der Waals surface area contributed by atoms with Crippen LogP contribution in [0.3, 0.4) is 0 Å². The Morgan fingerprint density at radius 1 is 1.18 bits per heavy atom. The number of methoxy groups -OCH3 is 1. The van der Waals surface area contributed by atoms with Crippen molar-refractivity contribution in [2.45, 2.75) is 39.4 Å². The quantitative estimate of drug-likeness (QED) is 0.579. The fourth-order valence-corrected chi connectivity index (χ4v) is 6.98. The highest BCUT2D eigenvalue weighted by Gasteiger charge is 2.67. The summed E-state index contributed by atoms with van der Waals surface area (Å²) in [5.74, 6) is 1.60. The molecule has 1 saturated carbocycles. The molecule has 2 N–H and O–H groups in total. The highest BCUT2D eigenvalue weighted by molar-refractivity contribution is 5.88. The molecule has 3 aromatic rings. The standard InChI is InChI=1S/C28H33N3O3/c1-16-11-24(34-4)20(19-9-10-29-26(16)19)12-30-15-23-25-21(28(25,2)3)13-31(23)14-22(30)17-5-7-18(8-6-17)27(32)33/h5-11,21-23,25,29H,12-15H2,1-4H3,(H,32,33)/t21-,22+,23-,25-/m1/s1. The zero-order valence-electron chi connectivity index (χ0n) is 20.3. The molecular formula is C28H33N3O3. The van der Waals surface area contributed by atoms with E-state index in [1.165, 1.54) is 34.1 Å². The number of benzene rings is 2. The number of aromatic amines is 1. The summed E-state index contributed by atoms with van der Waals surface area (Å²) in [4.78, 5) is 20.1. The number of nitrogens with zero attached hydrogens (tertiary/aromatic N) is 2. The lowest BCUT2D eigenvalue weighted by molar-refractivity contribution is 0.0209. The molecule has 4 atom stereocenters. The number of hydrogen-bond acceptors (Lipinski definition) is 4. The maximum atomic E-state index is 11.4. The zero-order chi connectivity index (χ0) is 23.8. The molecule has 2 saturated heterocycles. The molecule has 3 fully saturated rings. The zero-order valence-corrected chi connectivity index (χ0v) is 20.3. The van der Waals surface area contributed by atoms with Crippen LogP contribution >= 0.6 is 0 Å². The molecule has 0 amide bonds. The van der Waals surface area contributed by atoms with Gasteiger partial charge in [0.15, 0.2) is 0 Å². The summed E-state index contributed by atoms with van der Waals surface area (Å²) < 4.78 is 5.86. The van der Waals surface area contributed by atoms with Crippen molar-refractivity contribution in [2.24, 2.45) is 17.3 Å². The van der Waals surface area contributed by atoms with Crippen LogP contribution < -0.4 is 4.74 Å². The van der Waals surface area contributed by atoms with Crippen LogP contribution in [0.15, 0.2) is 42.6 Å². The second-order valence-corrected chi connectivity index (χ2v) is 11.0. The number of H-pyrrole nitrogens is 1. The van der Waals surface area contributed by atoms with E-state index < -0.39 is 5.97 Å². The van der Waals surface area contributed by atoms with Gasteiger partial charge in [0.1, 0.15) is 5.75 Å². The Labute approximate surface area is 200 Å². The van der Waals surface area contributed by atoms with E-state index in [0.717, 1.165) is 37.2 Å². The normalized spacial score (nSPS) is 28.0. The monoisotopic (exact) mass is 459 g/mol. The van der Waals surface area contributed by atoms with Gasteiger partial charge in [-0.25, -0.2) is 4.79 Å². The lowest BCUT2D eigenvalue weighted by Gasteiger charge is -2.46. The summed E-state index contributed by atoms with van der Waals surface area (Å²) in [5.41, 5.74) is 5.53. The number of nitrogens with one attached hydrogen (secondary N) is 1. The Kier molecular flexibility index (Phi) is 4.84. The number of piperidine rings is 1. The summed E-state index contributed by atoms with van der Waals surface area (Å²) >= 11 is 0.